The van der Waals surface area contributed by atoms with Crippen LogP contribution < -0.4 is 0 Å². The second-order valence-electron chi connectivity index (χ2n) is 8.90. The van der Waals surface area contributed by atoms with Crippen molar-refractivity contribution in [3.8, 4) is 0 Å². The summed E-state index contributed by atoms with van der Waals surface area (Å²) in [5, 5.41) is 0. The zero-order valence-electron chi connectivity index (χ0n) is 18.0. The van der Waals surface area contributed by atoms with Gasteiger partial charge in [0.2, 0.25) is 5.91 Å². The fourth-order valence-corrected chi connectivity index (χ4v) is 5.58. The second kappa shape index (κ2) is 8.79. The van der Waals surface area contributed by atoms with Crippen molar-refractivity contribution in [3.05, 3.63) is 52.7 Å². The maximum atomic E-state index is 13.2. The molecule has 0 radical (unpaired) electrons. The van der Waals surface area contributed by atoms with E-state index in [0.29, 0.717) is 11.9 Å². The van der Waals surface area contributed by atoms with E-state index in [1.165, 1.54) is 11.1 Å². The van der Waals surface area contributed by atoms with Gasteiger partial charge in [0.25, 0.3) is 0 Å². The predicted octanol–water partition coefficient (Wildman–Crippen LogP) is 4.78. The molecule has 4 heterocycles. The molecular weight excluding hydrogens is 456 g/mol. The minimum Gasteiger partial charge on any atom is -0.472 e. The van der Waals surface area contributed by atoms with Crippen LogP contribution in [0, 0.1) is 12.8 Å². The molecule has 0 aliphatic carbocycles. The average molecular weight is 485 g/mol. The minimum atomic E-state index is 0.172. The van der Waals surface area contributed by atoms with Crippen LogP contribution in [0.15, 0.2) is 45.7 Å². The minimum absolute atomic E-state index is 0.172. The molecule has 6 nitrogen and oxygen atoms in total. The van der Waals surface area contributed by atoms with E-state index in [2.05, 4.69) is 55.4 Å². The lowest BCUT2D eigenvalue weighted by molar-refractivity contribution is -0.138. The molecule has 0 spiro atoms. The van der Waals surface area contributed by atoms with Gasteiger partial charge >= 0.3 is 0 Å². The number of aromatic nitrogens is 2. The summed E-state index contributed by atoms with van der Waals surface area (Å²) < 4.78 is 8.60. The molecule has 2 aromatic heterocycles. The first-order chi connectivity index (χ1) is 15.1. The SMILES string of the molecule is Cc1nc2cc(Br)ccc2n1C1CCN(C(=O)C2CCN(Cc3ccoc3)CC2)CC1. The number of imidazole rings is 1. The lowest BCUT2D eigenvalue weighted by Gasteiger charge is -2.37. The Balaban J connectivity index is 1.17. The average Bonchev–Trinajstić information content (AvgIpc) is 3.40. The molecule has 7 heteroatoms. The normalized spacial score (nSPS) is 19.4. The lowest BCUT2D eigenvalue weighted by atomic mass is 9.93. The van der Waals surface area contributed by atoms with Crippen LogP contribution in [-0.4, -0.2) is 51.4 Å². The number of carbonyl (C=O) groups is 1. The number of rotatable bonds is 4. The van der Waals surface area contributed by atoms with Gasteiger partial charge in [0.1, 0.15) is 5.82 Å². The highest BCUT2D eigenvalue weighted by molar-refractivity contribution is 9.10. The zero-order chi connectivity index (χ0) is 21.4. The molecule has 2 aliphatic rings. The molecule has 2 aliphatic heterocycles. The number of nitrogens with zero attached hydrogens (tertiary/aromatic N) is 4. The van der Waals surface area contributed by atoms with Gasteiger partial charge in [-0.1, -0.05) is 15.9 Å². The third-order valence-corrected chi connectivity index (χ3v) is 7.39. The second-order valence-corrected chi connectivity index (χ2v) is 9.82. The van der Waals surface area contributed by atoms with E-state index in [1.807, 2.05) is 12.3 Å². The Morgan fingerprint density at radius 3 is 2.61 bits per heavy atom. The first kappa shape index (κ1) is 20.8. The smallest absolute Gasteiger partial charge is 0.225 e. The van der Waals surface area contributed by atoms with E-state index in [0.717, 1.165) is 74.2 Å². The fraction of sp³-hybridized carbons (Fsp3) is 0.500. The summed E-state index contributed by atoms with van der Waals surface area (Å²) in [6.07, 6.45) is 7.43. The molecule has 31 heavy (non-hydrogen) atoms. The van der Waals surface area contributed by atoms with Crippen molar-refractivity contribution in [1.29, 1.82) is 0 Å². The van der Waals surface area contributed by atoms with Gasteiger partial charge in [-0.3, -0.25) is 9.69 Å². The Labute approximate surface area is 191 Å². The number of hydrogen-bond acceptors (Lipinski definition) is 4. The van der Waals surface area contributed by atoms with Crippen molar-refractivity contribution >= 4 is 32.9 Å². The predicted molar refractivity (Wildman–Crippen MR) is 124 cm³/mol. The molecule has 0 saturated carbocycles. The first-order valence-electron chi connectivity index (χ1n) is 11.2. The highest BCUT2D eigenvalue weighted by Crippen LogP contribution is 2.31. The summed E-state index contributed by atoms with van der Waals surface area (Å²) in [4.78, 5) is 22.4. The molecule has 0 bridgehead atoms. The topological polar surface area (TPSA) is 54.5 Å². The number of hydrogen-bond donors (Lipinski definition) is 0. The lowest BCUT2D eigenvalue weighted by Crippen LogP contribution is -2.45. The molecule has 0 atom stereocenters. The summed E-state index contributed by atoms with van der Waals surface area (Å²) in [6.45, 7) is 6.64. The van der Waals surface area contributed by atoms with E-state index in [-0.39, 0.29) is 5.92 Å². The number of fused-ring (bicyclic) bond motifs is 1. The molecule has 3 aromatic rings. The maximum Gasteiger partial charge on any atom is 0.225 e. The quantitative estimate of drug-likeness (QED) is 0.534. The largest absolute Gasteiger partial charge is 0.472 e. The first-order valence-corrected chi connectivity index (χ1v) is 12.0. The van der Waals surface area contributed by atoms with Crippen molar-refractivity contribution in [2.45, 2.75) is 45.2 Å². The number of halogens is 1. The van der Waals surface area contributed by atoms with E-state index in [9.17, 15) is 4.79 Å². The molecule has 5 rings (SSSR count). The van der Waals surface area contributed by atoms with Gasteiger partial charge in [0.05, 0.1) is 23.6 Å². The van der Waals surface area contributed by atoms with Crippen LogP contribution in [0.1, 0.15) is 43.1 Å². The number of likely N-dealkylation sites (tertiary alicyclic amines) is 2. The maximum absolute atomic E-state index is 13.2. The number of aryl methyl sites for hydroxylation is 1. The van der Waals surface area contributed by atoms with Gasteiger partial charge in [-0.15, -0.1) is 0 Å². The van der Waals surface area contributed by atoms with Crippen LogP contribution in [0.3, 0.4) is 0 Å². The van der Waals surface area contributed by atoms with Crippen LogP contribution >= 0.6 is 15.9 Å². The van der Waals surface area contributed by atoms with Crippen molar-refractivity contribution in [2.24, 2.45) is 5.92 Å². The Kier molecular flexibility index (Phi) is 5.89. The van der Waals surface area contributed by atoms with Crippen LogP contribution in [0.25, 0.3) is 11.0 Å². The van der Waals surface area contributed by atoms with E-state index in [1.54, 1.807) is 6.26 Å². The third kappa shape index (κ3) is 4.30. The Bertz CT molecular complexity index is 1050. The van der Waals surface area contributed by atoms with Gasteiger partial charge in [-0.2, -0.15) is 0 Å². The number of furan rings is 1. The fourth-order valence-electron chi connectivity index (χ4n) is 5.23. The van der Waals surface area contributed by atoms with E-state index < -0.39 is 0 Å². The molecular formula is C24H29BrN4O2. The number of carbonyl (C=O) groups excluding carboxylic acids is 1. The molecule has 2 saturated heterocycles. The molecule has 0 N–H and O–H groups in total. The van der Waals surface area contributed by atoms with Gasteiger partial charge in [0, 0.05) is 41.6 Å². The number of benzene rings is 1. The Morgan fingerprint density at radius 1 is 1.13 bits per heavy atom. The molecule has 2 fully saturated rings. The van der Waals surface area contributed by atoms with Crippen molar-refractivity contribution in [1.82, 2.24) is 19.4 Å². The Morgan fingerprint density at radius 2 is 1.90 bits per heavy atom. The van der Waals surface area contributed by atoms with Crippen LogP contribution in [-0.2, 0) is 11.3 Å². The van der Waals surface area contributed by atoms with E-state index in [4.69, 9.17) is 9.40 Å². The molecule has 0 unspecified atom stereocenters. The zero-order valence-corrected chi connectivity index (χ0v) is 19.6. The van der Waals surface area contributed by atoms with Gasteiger partial charge in [-0.25, -0.2) is 4.98 Å². The molecule has 164 valence electrons. The number of amides is 1. The van der Waals surface area contributed by atoms with Crippen LogP contribution in [0.4, 0.5) is 0 Å². The monoisotopic (exact) mass is 484 g/mol. The summed E-state index contributed by atoms with van der Waals surface area (Å²) in [6, 6.07) is 8.74. The van der Waals surface area contributed by atoms with Crippen LogP contribution in [0.5, 0.6) is 0 Å². The summed E-state index contributed by atoms with van der Waals surface area (Å²) in [7, 11) is 0. The van der Waals surface area contributed by atoms with Crippen molar-refractivity contribution < 1.29 is 9.21 Å². The van der Waals surface area contributed by atoms with Gasteiger partial charge in [0.15, 0.2) is 0 Å². The highest BCUT2D eigenvalue weighted by atomic mass is 79.9. The molecule has 1 aromatic carbocycles. The van der Waals surface area contributed by atoms with E-state index >= 15 is 0 Å². The summed E-state index contributed by atoms with van der Waals surface area (Å²) >= 11 is 3.54. The van der Waals surface area contributed by atoms with Crippen LogP contribution in [0.2, 0.25) is 0 Å². The summed E-state index contributed by atoms with van der Waals surface area (Å²) in [5.74, 6) is 1.59. The number of piperidine rings is 2. The van der Waals surface area contributed by atoms with Crippen molar-refractivity contribution in [2.75, 3.05) is 26.2 Å². The van der Waals surface area contributed by atoms with Crippen molar-refractivity contribution in [3.63, 3.8) is 0 Å². The Hall–Kier alpha value is -2.12. The van der Waals surface area contributed by atoms with Gasteiger partial charge in [-0.05, 0) is 70.0 Å². The highest BCUT2D eigenvalue weighted by Gasteiger charge is 2.32. The third-order valence-electron chi connectivity index (χ3n) is 6.89. The molecule has 1 amide bonds. The van der Waals surface area contributed by atoms with Gasteiger partial charge < -0.3 is 13.9 Å². The standard InChI is InChI=1S/C24H29BrN4O2/c1-17-26-22-14-20(25)2-3-23(22)29(17)21-6-11-28(12-7-21)24(30)19-4-9-27(10-5-19)15-18-8-13-31-16-18/h2-3,8,13-14,16,19,21H,4-7,9-12,15H2,1H3. The summed E-state index contributed by atoms with van der Waals surface area (Å²) in [5.41, 5.74) is 3.43.